The Balaban J connectivity index is 1.41. The van der Waals surface area contributed by atoms with Gasteiger partial charge in [-0.1, -0.05) is 6.92 Å². The van der Waals surface area contributed by atoms with Gasteiger partial charge in [0.15, 0.2) is 0 Å². The highest BCUT2D eigenvalue weighted by molar-refractivity contribution is 5.81. The van der Waals surface area contributed by atoms with Gasteiger partial charge in [0, 0.05) is 31.1 Å². The van der Waals surface area contributed by atoms with Crippen LogP contribution in [0, 0.1) is 11.8 Å². The summed E-state index contributed by atoms with van der Waals surface area (Å²) in [6.07, 6.45) is 6.21. The van der Waals surface area contributed by atoms with Crippen LogP contribution < -0.4 is 5.32 Å². The van der Waals surface area contributed by atoms with Crippen molar-refractivity contribution in [2.24, 2.45) is 11.8 Å². The number of carbonyl (C=O) groups is 1. The van der Waals surface area contributed by atoms with E-state index in [0.717, 1.165) is 25.3 Å². The molecule has 3 nitrogen and oxygen atoms in total. The third-order valence-electron chi connectivity index (χ3n) is 4.39. The summed E-state index contributed by atoms with van der Waals surface area (Å²) < 4.78 is 0. The first kappa shape index (κ1) is 10.6. The molecule has 1 saturated heterocycles. The Morgan fingerprint density at radius 3 is 2.31 bits per heavy atom. The summed E-state index contributed by atoms with van der Waals surface area (Å²) in [7, 11) is 0. The summed E-state index contributed by atoms with van der Waals surface area (Å²) in [6, 6.07) is 1.34. The molecule has 0 bridgehead atoms. The molecule has 1 amide bonds. The number of nitrogens with zero attached hydrogens (tertiary/aromatic N) is 1. The van der Waals surface area contributed by atoms with Gasteiger partial charge in [0.25, 0.3) is 0 Å². The number of amides is 1. The minimum atomic E-state index is 0.317. The smallest absolute Gasteiger partial charge is 0.223 e. The standard InChI is InChI=1S/C13H22N2O/c1-9-8-12(9)13(16)14-10-4-6-15(7-5-10)11-2-3-11/h9-12H,2-8H2,1H3,(H,14,16). The number of rotatable bonds is 3. The maximum absolute atomic E-state index is 11.8. The number of hydrogen-bond acceptors (Lipinski definition) is 2. The molecule has 3 aliphatic rings. The van der Waals surface area contributed by atoms with E-state index in [2.05, 4.69) is 17.1 Å². The van der Waals surface area contributed by atoms with Crippen molar-refractivity contribution in [3.8, 4) is 0 Å². The van der Waals surface area contributed by atoms with Crippen LogP contribution in [0.1, 0.15) is 39.0 Å². The molecule has 1 N–H and O–H groups in total. The van der Waals surface area contributed by atoms with E-state index >= 15 is 0 Å². The van der Waals surface area contributed by atoms with E-state index in [1.54, 1.807) is 0 Å². The summed E-state index contributed by atoms with van der Waals surface area (Å²) >= 11 is 0. The van der Waals surface area contributed by atoms with Crippen LogP contribution in [-0.4, -0.2) is 36.0 Å². The second-order valence-electron chi connectivity index (χ2n) is 5.87. The lowest BCUT2D eigenvalue weighted by molar-refractivity contribution is -0.123. The van der Waals surface area contributed by atoms with Gasteiger partial charge in [-0.25, -0.2) is 0 Å². The first-order valence-electron chi connectivity index (χ1n) is 6.78. The summed E-state index contributed by atoms with van der Waals surface area (Å²) in [5, 5.41) is 3.23. The van der Waals surface area contributed by atoms with E-state index < -0.39 is 0 Å². The Kier molecular flexibility index (Phi) is 2.66. The lowest BCUT2D eigenvalue weighted by Crippen LogP contribution is -2.45. The highest BCUT2D eigenvalue weighted by Gasteiger charge is 2.40. The van der Waals surface area contributed by atoms with Crippen LogP contribution in [0.5, 0.6) is 0 Å². The van der Waals surface area contributed by atoms with Crippen molar-refractivity contribution >= 4 is 5.91 Å². The van der Waals surface area contributed by atoms with Crippen molar-refractivity contribution in [2.45, 2.75) is 51.1 Å². The number of hydrogen-bond donors (Lipinski definition) is 1. The van der Waals surface area contributed by atoms with E-state index in [-0.39, 0.29) is 0 Å². The molecular weight excluding hydrogens is 200 g/mol. The van der Waals surface area contributed by atoms with Gasteiger partial charge >= 0.3 is 0 Å². The van der Waals surface area contributed by atoms with E-state index in [0.29, 0.717) is 23.8 Å². The molecule has 0 spiro atoms. The first-order chi connectivity index (χ1) is 7.74. The SMILES string of the molecule is CC1CC1C(=O)NC1CCN(C2CC2)CC1. The number of nitrogens with one attached hydrogen (secondary N) is 1. The van der Waals surface area contributed by atoms with Crippen molar-refractivity contribution in [3.63, 3.8) is 0 Å². The number of likely N-dealkylation sites (tertiary alicyclic amines) is 1. The fourth-order valence-corrected chi connectivity index (χ4v) is 2.84. The predicted octanol–water partition coefficient (Wildman–Crippen LogP) is 1.39. The summed E-state index contributed by atoms with van der Waals surface area (Å²) in [5.41, 5.74) is 0. The van der Waals surface area contributed by atoms with Gasteiger partial charge in [0.05, 0.1) is 0 Å². The van der Waals surface area contributed by atoms with E-state index in [9.17, 15) is 4.79 Å². The average molecular weight is 222 g/mol. The first-order valence-corrected chi connectivity index (χ1v) is 6.78. The summed E-state index contributed by atoms with van der Waals surface area (Å²) in [4.78, 5) is 14.4. The molecule has 0 aromatic carbocycles. The second-order valence-corrected chi connectivity index (χ2v) is 5.87. The lowest BCUT2D eigenvalue weighted by Gasteiger charge is -2.32. The summed E-state index contributed by atoms with van der Waals surface area (Å²) in [6.45, 7) is 4.55. The molecule has 3 fully saturated rings. The van der Waals surface area contributed by atoms with Gasteiger partial charge in [-0.15, -0.1) is 0 Å². The molecule has 2 unspecified atom stereocenters. The molecule has 0 aromatic rings. The van der Waals surface area contributed by atoms with Gasteiger partial charge in [-0.3, -0.25) is 4.79 Å². The van der Waals surface area contributed by atoms with Crippen molar-refractivity contribution in [2.75, 3.05) is 13.1 Å². The molecule has 0 radical (unpaired) electrons. The topological polar surface area (TPSA) is 32.3 Å². The number of piperidine rings is 1. The molecule has 0 aromatic heterocycles. The van der Waals surface area contributed by atoms with Gasteiger partial charge < -0.3 is 10.2 Å². The second kappa shape index (κ2) is 4.02. The minimum absolute atomic E-state index is 0.317. The Hall–Kier alpha value is -0.570. The fraction of sp³-hybridized carbons (Fsp3) is 0.923. The Morgan fingerprint density at radius 1 is 1.19 bits per heavy atom. The molecular formula is C13H22N2O. The van der Waals surface area contributed by atoms with E-state index in [1.165, 1.54) is 25.9 Å². The largest absolute Gasteiger partial charge is 0.353 e. The zero-order valence-corrected chi connectivity index (χ0v) is 10.1. The van der Waals surface area contributed by atoms with Crippen molar-refractivity contribution in [1.29, 1.82) is 0 Å². The van der Waals surface area contributed by atoms with Crippen molar-refractivity contribution in [1.82, 2.24) is 10.2 Å². The van der Waals surface area contributed by atoms with Crippen LogP contribution in [0.4, 0.5) is 0 Å². The molecule has 1 heterocycles. The van der Waals surface area contributed by atoms with Gasteiger partial charge in [-0.05, 0) is 38.0 Å². The quantitative estimate of drug-likeness (QED) is 0.782. The van der Waals surface area contributed by atoms with E-state index in [4.69, 9.17) is 0 Å². The third-order valence-corrected chi connectivity index (χ3v) is 4.39. The Morgan fingerprint density at radius 2 is 1.81 bits per heavy atom. The zero-order chi connectivity index (χ0) is 11.1. The third kappa shape index (κ3) is 2.24. The van der Waals surface area contributed by atoms with Crippen LogP contribution in [0.25, 0.3) is 0 Å². The average Bonchev–Trinajstić information content (AvgIpc) is 3.13. The van der Waals surface area contributed by atoms with Crippen molar-refractivity contribution in [3.05, 3.63) is 0 Å². The van der Waals surface area contributed by atoms with E-state index in [1.807, 2.05) is 0 Å². The summed E-state index contributed by atoms with van der Waals surface area (Å²) in [5.74, 6) is 1.28. The number of carbonyl (C=O) groups excluding carboxylic acids is 1. The Bertz CT molecular complexity index is 280. The zero-order valence-electron chi connectivity index (χ0n) is 10.1. The van der Waals surface area contributed by atoms with Crippen molar-refractivity contribution < 1.29 is 4.79 Å². The molecule has 3 heteroatoms. The maximum Gasteiger partial charge on any atom is 0.223 e. The highest BCUT2D eigenvalue weighted by atomic mass is 16.2. The maximum atomic E-state index is 11.8. The highest BCUT2D eigenvalue weighted by Crippen LogP contribution is 2.38. The molecule has 2 atom stereocenters. The molecule has 3 rings (SSSR count). The molecule has 90 valence electrons. The Labute approximate surface area is 97.6 Å². The molecule has 2 aliphatic carbocycles. The molecule has 1 aliphatic heterocycles. The van der Waals surface area contributed by atoms with Gasteiger partial charge in [0.2, 0.25) is 5.91 Å². The lowest BCUT2D eigenvalue weighted by atomic mass is 10.0. The monoisotopic (exact) mass is 222 g/mol. The fourth-order valence-electron chi connectivity index (χ4n) is 2.84. The molecule has 16 heavy (non-hydrogen) atoms. The van der Waals surface area contributed by atoms with Gasteiger partial charge in [0.1, 0.15) is 0 Å². The van der Waals surface area contributed by atoms with Crippen LogP contribution >= 0.6 is 0 Å². The van der Waals surface area contributed by atoms with Crippen LogP contribution in [0.2, 0.25) is 0 Å². The van der Waals surface area contributed by atoms with Crippen LogP contribution in [0.15, 0.2) is 0 Å². The predicted molar refractivity (Wildman–Crippen MR) is 63.0 cm³/mol. The van der Waals surface area contributed by atoms with Gasteiger partial charge in [-0.2, -0.15) is 0 Å². The molecule has 2 saturated carbocycles. The van der Waals surface area contributed by atoms with Crippen LogP contribution in [-0.2, 0) is 4.79 Å². The normalized spacial score (nSPS) is 36.1. The van der Waals surface area contributed by atoms with Crippen LogP contribution in [0.3, 0.4) is 0 Å². The minimum Gasteiger partial charge on any atom is -0.353 e.